The van der Waals surface area contributed by atoms with Crippen molar-refractivity contribution in [3.63, 3.8) is 0 Å². The molecule has 0 radical (unpaired) electrons. The molecule has 0 amide bonds. The van der Waals surface area contributed by atoms with Crippen LogP contribution in [0.3, 0.4) is 0 Å². The average molecular weight is 250 g/mol. The number of nitrogens with two attached hydrogens (primary N) is 1. The molecule has 1 aromatic rings. The predicted molar refractivity (Wildman–Crippen MR) is 73.4 cm³/mol. The van der Waals surface area contributed by atoms with Crippen LogP contribution >= 0.6 is 11.3 Å². The fourth-order valence-corrected chi connectivity index (χ4v) is 4.28. The van der Waals surface area contributed by atoms with Gasteiger partial charge in [0.1, 0.15) is 0 Å². The zero-order valence-corrected chi connectivity index (χ0v) is 11.2. The van der Waals surface area contributed by atoms with Gasteiger partial charge in [0.25, 0.3) is 0 Å². The number of fused-ring (bicyclic) bond motifs is 2. The Balaban J connectivity index is 1.62. The monoisotopic (exact) mass is 250 g/mol. The van der Waals surface area contributed by atoms with Crippen LogP contribution < -0.4 is 5.73 Å². The molecule has 2 N–H and O–H groups in total. The summed E-state index contributed by atoms with van der Waals surface area (Å²) in [5.74, 6) is 0. The first-order chi connectivity index (χ1) is 8.33. The summed E-state index contributed by atoms with van der Waals surface area (Å²) in [6, 6.07) is 6.43. The number of rotatable bonds is 3. The van der Waals surface area contributed by atoms with Crippen LogP contribution in [0.2, 0.25) is 0 Å². The van der Waals surface area contributed by atoms with Gasteiger partial charge < -0.3 is 5.73 Å². The molecule has 2 aliphatic heterocycles. The third kappa shape index (κ3) is 2.56. The minimum atomic E-state index is 0.461. The van der Waals surface area contributed by atoms with Crippen molar-refractivity contribution in [2.24, 2.45) is 5.73 Å². The van der Waals surface area contributed by atoms with Gasteiger partial charge in [0.15, 0.2) is 0 Å². The molecule has 2 atom stereocenters. The first kappa shape index (κ1) is 11.7. The van der Waals surface area contributed by atoms with Gasteiger partial charge in [-0.3, -0.25) is 4.90 Å². The van der Waals surface area contributed by atoms with Crippen molar-refractivity contribution in [1.82, 2.24) is 4.90 Å². The van der Waals surface area contributed by atoms with Crippen LogP contribution in [0.1, 0.15) is 37.0 Å². The lowest BCUT2D eigenvalue weighted by atomic mass is 9.82. The van der Waals surface area contributed by atoms with Gasteiger partial charge in [0, 0.05) is 29.5 Å². The lowest BCUT2D eigenvalue weighted by molar-refractivity contribution is 0.0329. The van der Waals surface area contributed by atoms with E-state index in [0.717, 1.165) is 12.1 Å². The molecule has 2 saturated heterocycles. The lowest BCUT2D eigenvalue weighted by Crippen LogP contribution is -2.55. The zero-order chi connectivity index (χ0) is 11.7. The summed E-state index contributed by atoms with van der Waals surface area (Å²) in [5.41, 5.74) is 6.15. The molecule has 0 aliphatic carbocycles. The van der Waals surface area contributed by atoms with Gasteiger partial charge >= 0.3 is 0 Å². The summed E-state index contributed by atoms with van der Waals surface area (Å²) in [4.78, 5) is 4.28. The van der Waals surface area contributed by atoms with Gasteiger partial charge in [-0.1, -0.05) is 12.5 Å². The van der Waals surface area contributed by atoms with E-state index in [2.05, 4.69) is 22.4 Å². The van der Waals surface area contributed by atoms with E-state index in [4.69, 9.17) is 5.73 Å². The highest BCUT2D eigenvalue weighted by Crippen LogP contribution is 2.33. The van der Waals surface area contributed by atoms with Crippen molar-refractivity contribution < 1.29 is 0 Å². The molecule has 2 nitrogen and oxygen atoms in total. The van der Waals surface area contributed by atoms with Gasteiger partial charge in [-0.05, 0) is 43.6 Å². The molecule has 3 rings (SSSR count). The Morgan fingerprint density at radius 1 is 1.29 bits per heavy atom. The topological polar surface area (TPSA) is 29.3 Å². The molecule has 3 heteroatoms. The Kier molecular flexibility index (Phi) is 3.50. The van der Waals surface area contributed by atoms with Crippen molar-refractivity contribution in [3.8, 4) is 0 Å². The van der Waals surface area contributed by atoms with Crippen molar-refractivity contribution >= 4 is 11.3 Å². The van der Waals surface area contributed by atoms with Crippen LogP contribution in [0.5, 0.6) is 0 Å². The summed E-state index contributed by atoms with van der Waals surface area (Å²) in [7, 11) is 0. The van der Waals surface area contributed by atoms with Crippen LogP contribution in [0.4, 0.5) is 0 Å². The minimum absolute atomic E-state index is 0.461. The second kappa shape index (κ2) is 5.09. The molecular formula is C14H22N2S. The van der Waals surface area contributed by atoms with Crippen LogP contribution in [-0.2, 0) is 6.42 Å². The smallest absolute Gasteiger partial charge is 0.0113 e. The summed E-state index contributed by atoms with van der Waals surface area (Å²) < 4.78 is 0. The Morgan fingerprint density at radius 3 is 2.71 bits per heavy atom. The maximum Gasteiger partial charge on any atom is 0.0113 e. The molecular weight excluding hydrogens is 228 g/mol. The van der Waals surface area contributed by atoms with E-state index in [-0.39, 0.29) is 0 Å². The third-order valence-electron chi connectivity index (χ3n) is 4.36. The fraction of sp³-hybridized carbons (Fsp3) is 0.714. The van der Waals surface area contributed by atoms with Crippen molar-refractivity contribution in [2.75, 3.05) is 6.54 Å². The molecule has 17 heavy (non-hydrogen) atoms. The summed E-state index contributed by atoms with van der Waals surface area (Å²) in [6.07, 6.45) is 7.82. The van der Waals surface area contributed by atoms with Crippen LogP contribution in [0.15, 0.2) is 17.5 Å². The van der Waals surface area contributed by atoms with E-state index in [1.54, 1.807) is 0 Å². The standard InChI is InChI=1S/C14H22N2S/c15-11-9-12-3-1-4-13(10-11)16(12)7-6-14-5-2-8-17-14/h2,5,8,11-13H,1,3-4,6-7,9-10,15H2. The highest BCUT2D eigenvalue weighted by Gasteiger charge is 2.36. The largest absolute Gasteiger partial charge is 0.328 e. The van der Waals surface area contributed by atoms with E-state index in [1.165, 1.54) is 49.9 Å². The maximum atomic E-state index is 6.15. The third-order valence-corrected chi connectivity index (χ3v) is 5.30. The molecule has 0 spiro atoms. The van der Waals surface area contributed by atoms with Gasteiger partial charge in [-0.15, -0.1) is 11.3 Å². The molecule has 1 aromatic heterocycles. The number of hydrogen-bond donors (Lipinski definition) is 1. The number of piperidine rings is 2. The Hall–Kier alpha value is -0.380. The Labute approximate surface area is 108 Å². The first-order valence-corrected chi connectivity index (χ1v) is 7.74. The molecule has 0 aromatic carbocycles. The van der Waals surface area contributed by atoms with Crippen molar-refractivity contribution in [3.05, 3.63) is 22.4 Å². The highest BCUT2D eigenvalue weighted by atomic mass is 32.1. The summed E-state index contributed by atoms with van der Waals surface area (Å²) in [6.45, 7) is 1.24. The molecule has 2 fully saturated rings. The van der Waals surface area contributed by atoms with Gasteiger partial charge in [0.2, 0.25) is 0 Å². The second-order valence-corrected chi connectivity index (χ2v) is 6.57. The molecule has 2 unspecified atom stereocenters. The van der Waals surface area contributed by atoms with Gasteiger partial charge in [0.05, 0.1) is 0 Å². The summed E-state index contributed by atoms with van der Waals surface area (Å²) >= 11 is 1.89. The average Bonchev–Trinajstić information content (AvgIpc) is 2.79. The first-order valence-electron chi connectivity index (χ1n) is 6.86. The SMILES string of the molecule is NC1CC2CCCC(C1)N2CCc1cccs1. The van der Waals surface area contributed by atoms with Gasteiger partial charge in [-0.25, -0.2) is 0 Å². The van der Waals surface area contributed by atoms with Crippen LogP contribution in [0.25, 0.3) is 0 Å². The Morgan fingerprint density at radius 2 is 2.06 bits per heavy atom. The molecule has 0 saturated carbocycles. The van der Waals surface area contributed by atoms with E-state index in [1.807, 2.05) is 11.3 Å². The van der Waals surface area contributed by atoms with Crippen molar-refractivity contribution in [1.29, 1.82) is 0 Å². The summed E-state index contributed by atoms with van der Waals surface area (Å²) in [5, 5.41) is 2.18. The van der Waals surface area contributed by atoms with Gasteiger partial charge in [-0.2, -0.15) is 0 Å². The van der Waals surface area contributed by atoms with E-state index >= 15 is 0 Å². The second-order valence-electron chi connectivity index (χ2n) is 5.54. The fourth-order valence-electron chi connectivity index (χ4n) is 3.58. The lowest BCUT2D eigenvalue weighted by Gasteiger charge is -2.48. The quantitative estimate of drug-likeness (QED) is 0.893. The number of nitrogens with zero attached hydrogens (tertiary/aromatic N) is 1. The van der Waals surface area contributed by atoms with E-state index < -0.39 is 0 Å². The predicted octanol–water partition coefficient (Wildman–Crippen LogP) is 2.63. The van der Waals surface area contributed by atoms with Crippen LogP contribution in [-0.4, -0.2) is 29.6 Å². The molecule has 94 valence electrons. The molecule has 2 bridgehead atoms. The maximum absolute atomic E-state index is 6.15. The van der Waals surface area contributed by atoms with E-state index in [0.29, 0.717) is 6.04 Å². The number of thiophene rings is 1. The Bertz CT molecular complexity index is 335. The zero-order valence-electron chi connectivity index (χ0n) is 10.3. The molecule has 2 aliphatic rings. The number of hydrogen-bond acceptors (Lipinski definition) is 3. The highest BCUT2D eigenvalue weighted by molar-refractivity contribution is 7.09. The minimum Gasteiger partial charge on any atom is -0.328 e. The molecule has 3 heterocycles. The van der Waals surface area contributed by atoms with Crippen molar-refractivity contribution in [2.45, 2.75) is 56.7 Å². The normalized spacial score (nSPS) is 33.8. The van der Waals surface area contributed by atoms with E-state index in [9.17, 15) is 0 Å². The van der Waals surface area contributed by atoms with Crippen LogP contribution in [0, 0.1) is 0 Å².